The van der Waals surface area contributed by atoms with Gasteiger partial charge in [0.2, 0.25) is 0 Å². The molecule has 3 rings (SSSR count). The maximum absolute atomic E-state index is 11.2. The third-order valence-electron chi connectivity index (χ3n) is 3.54. The minimum absolute atomic E-state index is 0.251. The standard InChI is InChI=1S/C15H15N3O2/c1-10-3-4-13-11(7-10)5-6-18(13)9-14-12(15(19)20)8-16-17(14)2/h3-8H,9H2,1-2H3,(H,19,20). The third kappa shape index (κ3) is 1.97. The second-order valence-electron chi connectivity index (χ2n) is 4.94. The van der Waals surface area contributed by atoms with Crippen LogP contribution in [0.4, 0.5) is 0 Å². The minimum atomic E-state index is -0.944. The molecular weight excluding hydrogens is 254 g/mol. The maximum Gasteiger partial charge on any atom is 0.339 e. The van der Waals surface area contributed by atoms with Crippen molar-refractivity contribution in [2.75, 3.05) is 0 Å². The van der Waals surface area contributed by atoms with Crippen LogP contribution in [0.25, 0.3) is 10.9 Å². The predicted octanol–water partition coefficient (Wildman–Crippen LogP) is 2.43. The SMILES string of the molecule is Cc1ccc2c(ccn2Cc2c(C(=O)O)cnn2C)c1. The van der Waals surface area contributed by atoms with E-state index < -0.39 is 5.97 Å². The second-order valence-corrected chi connectivity index (χ2v) is 4.94. The van der Waals surface area contributed by atoms with Gasteiger partial charge in [0.05, 0.1) is 18.4 Å². The Bertz CT molecular complexity index is 799. The Morgan fingerprint density at radius 2 is 2.15 bits per heavy atom. The highest BCUT2D eigenvalue weighted by atomic mass is 16.4. The van der Waals surface area contributed by atoms with E-state index in [1.54, 1.807) is 11.7 Å². The van der Waals surface area contributed by atoms with Gasteiger partial charge in [0.15, 0.2) is 0 Å². The van der Waals surface area contributed by atoms with Gasteiger partial charge in [0.1, 0.15) is 5.56 Å². The molecule has 0 atom stereocenters. The lowest BCUT2D eigenvalue weighted by Gasteiger charge is -2.07. The van der Waals surface area contributed by atoms with Crippen molar-refractivity contribution >= 4 is 16.9 Å². The fourth-order valence-corrected chi connectivity index (χ4v) is 2.45. The Balaban J connectivity index is 2.06. The highest BCUT2D eigenvalue weighted by Crippen LogP contribution is 2.19. The molecule has 0 radical (unpaired) electrons. The van der Waals surface area contributed by atoms with E-state index >= 15 is 0 Å². The Hall–Kier alpha value is -2.56. The molecule has 0 saturated carbocycles. The molecular formula is C15H15N3O2. The molecule has 2 aromatic heterocycles. The summed E-state index contributed by atoms with van der Waals surface area (Å²) in [6.45, 7) is 2.55. The number of aromatic carboxylic acids is 1. The molecule has 20 heavy (non-hydrogen) atoms. The molecule has 1 aromatic carbocycles. The first-order valence-corrected chi connectivity index (χ1v) is 6.36. The lowest BCUT2D eigenvalue weighted by atomic mass is 10.2. The van der Waals surface area contributed by atoms with E-state index in [1.165, 1.54) is 11.8 Å². The van der Waals surface area contributed by atoms with E-state index in [9.17, 15) is 9.90 Å². The number of carboxylic acid groups (broad SMARTS) is 1. The average molecular weight is 269 g/mol. The van der Waals surface area contributed by atoms with E-state index in [4.69, 9.17) is 0 Å². The molecule has 1 N–H and O–H groups in total. The smallest absolute Gasteiger partial charge is 0.339 e. The Morgan fingerprint density at radius 3 is 2.90 bits per heavy atom. The molecule has 0 spiro atoms. The van der Waals surface area contributed by atoms with Crippen molar-refractivity contribution in [2.24, 2.45) is 7.05 Å². The summed E-state index contributed by atoms with van der Waals surface area (Å²) in [5.74, 6) is -0.944. The van der Waals surface area contributed by atoms with Crippen LogP contribution in [0, 0.1) is 6.92 Å². The zero-order valence-corrected chi connectivity index (χ0v) is 11.4. The molecule has 2 heterocycles. The van der Waals surface area contributed by atoms with Gasteiger partial charge in [-0.2, -0.15) is 5.10 Å². The van der Waals surface area contributed by atoms with E-state index in [1.807, 2.05) is 16.8 Å². The summed E-state index contributed by atoms with van der Waals surface area (Å²) in [6.07, 6.45) is 3.37. The first-order valence-electron chi connectivity index (χ1n) is 6.36. The summed E-state index contributed by atoms with van der Waals surface area (Å²) in [6, 6.07) is 8.27. The number of carboxylic acids is 1. The minimum Gasteiger partial charge on any atom is -0.478 e. The predicted molar refractivity (Wildman–Crippen MR) is 75.9 cm³/mol. The van der Waals surface area contributed by atoms with Crippen molar-refractivity contribution in [3.05, 3.63) is 53.5 Å². The van der Waals surface area contributed by atoms with Crippen molar-refractivity contribution in [1.29, 1.82) is 0 Å². The zero-order valence-electron chi connectivity index (χ0n) is 11.4. The third-order valence-corrected chi connectivity index (χ3v) is 3.54. The number of aryl methyl sites for hydroxylation is 2. The van der Waals surface area contributed by atoms with Gasteiger partial charge in [-0.25, -0.2) is 4.79 Å². The van der Waals surface area contributed by atoms with Gasteiger partial charge in [-0.3, -0.25) is 4.68 Å². The summed E-state index contributed by atoms with van der Waals surface area (Å²) in [5.41, 5.74) is 3.24. The van der Waals surface area contributed by atoms with Crippen LogP contribution in [0.2, 0.25) is 0 Å². The summed E-state index contributed by atoms with van der Waals surface area (Å²) >= 11 is 0. The first-order chi connectivity index (χ1) is 9.56. The van der Waals surface area contributed by atoms with Gasteiger partial charge in [-0.1, -0.05) is 11.6 Å². The fraction of sp³-hybridized carbons (Fsp3) is 0.200. The molecule has 0 fully saturated rings. The summed E-state index contributed by atoms with van der Waals surface area (Å²) in [7, 11) is 1.76. The number of rotatable bonds is 3. The Morgan fingerprint density at radius 1 is 1.35 bits per heavy atom. The molecule has 0 aliphatic rings. The lowest BCUT2D eigenvalue weighted by Crippen LogP contribution is -2.09. The molecule has 0 amide bonds. The maximum atomic E-state index is 11.2. The zero-order chi connectivity index (χ0) is 14.3. The molecule has 3 aromatic rings. The number of aromatic nitrogens is 3. The summed E-state index contributed by atoms with van der Waals surface area (Å²) in [5, 5.41) is 14.4. The van der Waals surface area contributed by atoms with Crippen molar-refractivity contribution < 1.29 is 9.90 Å². The molecule has 0 bridgehead atoms. The summed E-state index contributed by atoms with van der Waals surface area (Å²) < 4.78 is 3.65. The van der Waals surface area contributed by atoms with Crippen molar-refractivity contribution in [2.45, 2.75) is 13.5 Å². The highest BCUT2D eigenvalue weighted by Gasteiger charge is 2.15. The van der Waals surface area contributed by atoms with Crippen molar-refractivity contribution in [1.82, 2.24) is 14.3 Å². The largest absolute Gasteiger partial charge is 0.478 e. The molecule has 0 aliphatic carbocycles. The highest BCUT2D eigenvalue weighted by molar-refractivity contribution is 5.88. The van der Waals surface area contributed by atoms with Gasteiger partial charge >= 0.3 is 5.97 Å². The Labute approximate surface area is 116 Å². The van der Waals surface area contributed by atoms with Crippen LogP contribution < -0.4 is 0 Å². The van der Waals surface area contributed by atoms with Crippen LogP contribution in [0.15, 0.2) is 36.7 Å². The number of carbonyl (C=O) groups is 1. The van der Waals surface area contributed by atoms with Gasteiger partial charge in [-0.05, 0) is 30.5 Å². The van der Waals surface area contributed by atoms with E-state index in [-0.39, 0.29) is 5.56 Å². The van der Waals surface area contributed by atoms with Gasteiger partial charge in [0.25, 0.3) is 0 Å². The van der Waals surface area contributed by atoms with E-state index in [0.717, 1.165) is 10.9 Å². The van der Waals surface area contributed by atoms with Crippen molar-refractivity contribution in [3.63, 3.8) is 0 Å². The average Bonchev–Trinajstić information content (AvgIpc) is 2.95. The molecule has 0 saturated heterocycles. The first kappa shape index (κ1) is 12.5. The molecule has 0 unspecified atom stereocenters. The Kier molecular flexibility index (Phi) is 2.82. The topological polar surface area (TPSA) is 60.1 Å². The summed E-state index contributed by atoms with van der Waals surface area (Å²) in [4.78, 5) is 11.2. The number of fused-ring (bicyclic) bond motifs is 1. The van der Waals surface area contributed by atoms with Crippen LogP contribution in [-0.2, 0) is 13.6 Å². The second kappa shape index (κ2) is 4.52. The van der Waals surface area contributed by atoms with Crippen LogP contribution in [-0.4, -0.2) is 25.4 Å². The number of hydrogen-bond donors (Lipinski definition) is 1. The number of nitrogens with zero attached hydrogens (tertiary/aromatic N) is 3. The van der Waals surface area contributed by atoms with Crippen LogP contribution in [0.3, 0.4) is 0 Å². The van der Waals surface area contributed by atoms with Crippen LogP contribution >= 0.6 is 0 Å². The van der Waals surface area contributed by atoms with Gasteiger partial charge in [0, 0.05) is 18.8 Å². The van der Waals surface area contributed by atoms with Gasteiger partial charge in [-0.15, -0.1) is 0 Å². The number of benzene rings is 1. The normalized spacial score (nSPS) is 11.1. The molecule has 0 aliphatic heterocycles. The quantitative estimate of drug-likeness (QED) is 0.794. The van der Waals surface area contributed by atoms with E-state index in [0.29, 0.717) is 12.2 Å². The van der Waals surface area contributed by atoms with Crippen molar-refractivity contribution in [3.8, 4) is 0 Å². The lowest BCUT2D eigenvalue weighted by molar-refractivity contribution is 0.0695. The molecule has 102 valence electrons. The fourth-order valence-electron chi connectivity index (χ4n) is 2.45. The van der Waals surface area contributed by atoms with Crippen LogP contribution in [0.5, 0.6) is 0 Å². The van der Waals surface area contributed by atoms with Crippen LogP contribution in [0.1, 0.15) is 21.6 Å². The monoisotopic (exact) mass is 269 g/mol. The number of hydrogen-bond acceptors (Lipinski definition) is 2. The van der Waals surface area contributed by atoms with Gasteiger partial charge < -0.3 is 9.67 Å². The molecule has 5 heteroatoms. The van der Waals surface area contributed by atoms with E-state index in [2.05, 4.69) is 30.2 Å². The molecule has 5 nitrogen and oxygen atoms in total.